The van der Waals surface area contributed by atoms with Crippen LogP contribution in [-0.2, 0) is 10.0 Å². The number of aromatic nitrogens is 1. The van der Waals surface area contributed by atoms with E-state index in [4.69, 9.17) is 5.73 Å². The first-order chi connectivity index (χ1) is 9.70. The molecule has 2 rings (SSSR count). The van der Waals surface area contributed by atoms with Gasteiger partial charge in [0.15, 0.2) is 0 Å². The highest BCUT2D eigenvalue weighted by atomic mass is 32.2. The molecule has 0 saturated heterocycles. The van der Waals surface area contributed by atoms with Gasteiger partial charge in [-0.25, -0.2) is 22.5 Å². The third-order valence-electron chi connectivity index (χ3n) is 2.95. The van der Waals surface area contributed by atoms with Gasteiger partial charge in [0.2, 0.25) is 10.0 Å². The minimum absolute atomic E-state index is 0.0409. The van der Waals surface area contributed by atoms with Crippen LogP contribution in [0.25, 0.3) is 0 Å². The Morgan fingerprint density at radius 3 is 2.62 bits per heavy atom. The molecule has 21 heavy (non-hydrogen) atoms. The first-order valence-electron chi connectivity index (χ1n) is 6.21. The Bertz CT molecular complexity index is 772. The molecule has 0 saturated carbocycles. The van der Waals surface area contributed by atoms with Gasteiger partial charge in [-0.2, -0.15) is 0 Å². The number of halogens is 1. The number of thiazole rings is 1. The van der Waals surface area contributed by atoms with Gasteiger partial charge in [-0.15, -0.1) is 11.3 Å². The molecule has 0 amide bonds. The number of anilines is 1. The second-order valence-corrected chi connectivity index (χ2v) is 7.73. The molecule has 1 unspecified atom stereocenters. The highest BCUT2D eigenvalue weighted by Crippen LogP contribution is 2.25. The molecule has 1 aromatic heterocycles. The Hall–Kier alpha value is -1.51. The molecular formula is C13H16FN3O2S2. The lowest BCUT2D eigenvalue weighted by Gasteiger charge is -2.14. The minimum Gasteiger partial charge on any atom is -0.399 e. The highest BCUT2D eigenvalue weighted by Gasteiger charge is 2.23. The third-order valence-corrected chi connectivity index (χ3v) is 5.71. The number of benzene rings is 1. The van der Waals surface area contributed by atoms with Crippen LogP contribution in [0, 0.1) is 19.7 Å². The van der Waals surface area contributed by atoms with Crippen LogP contribution >= 0.6 is 11.3 Å². The van der Waals surface area contributed by atoms with Crippen LogP contribution in [0.15, 0.2) is 23.2 Å². The maximum absolute atomic E-state index is 13.7. The van der Waals surface area contributed by atoms with Crippen molar-refractivity contribution in [1.29, 1.82) is 0 Å². The molecule has 114 valence electrons. The molecule has 0 aliphatic heterocycles. The van der Waals surface area contributed by atoms with E-state index in [0.29, 0.717) is 5.01 Å². The van der Waals surface area contributed by atoms with Gasteiger partial charge in [-0.05, 0) is 32.9 Å². The zero-order chi connectivity index (χ0) is 15.8. The Morgan fingerprint density at radius 2 is 2.05 bits per heavy atom. The average molecular weight is 329 g/mol. The molecule has 0 aliphatic rings. The summed E-state index contributed by atoms with van der Waals surface area (Å²) < 4.78 is 40.9. The van der Waals surface area contributed by atoms with Gasteiger partial charge in [0.05, 0.1) is 10.9 Å². The summed E-state index contributed by atoms with van der Waals surface area (Å²) >= 11 is 1.41. The second-order valence-electron chi connectivity index (χ2n) is 4.78. The number of nitrogens with one attached hydrogen (secondary N) is 1. The largest absolute Gasteiger partial charge is 0.399 e. The van der Waals surface area contributed by atoms with Gasteiger partial charge in [-0.3, -0.25) is 0 Å². The lowest BCUT2D eigenvalue weighted by atomic mass is 10.2. The number of aryl methyl sites for hydroxylation is 1. The van der Waals surface area contributed by atoms with Crippen molar-refractivity contribution in [3.05, 3.63) is 39.6 Å². The molecule has 0 fully saturated rings. The molecule has 8 heteroatoms. The lowest BCUT2D eigenvalue weighted by molar-refractivity contribution is 0.561. The Balaban J connectivity index is 2.35. The summed E-state index contributed by atoms with van der Waals surface area (Å²) in [6.07, 6.45) is 1.68. The first-order valence-corrected chi connectivity index (χ1v) is 8.51. The number of nitrogen functional groups attached to an aromatic ring is 1. The summed E-state index contributed by atoms with van der Waals surface area (Å²) in [5, 5.41) is 0.651. The number of nitrogens with two attached hydrogens (primary N) is 1. The molecule has 0 spiro atoms. The molecule has 1 heterocycles. The fourth-order valence-corrected chi connectivity index (χ4v) is 4.22. The number of nitrogens with zero attached hydrogens (tertiary/aromatic N) is 1. The summed E-state index contributed by atoms with van der Waals surface area (Å²) in [7, 11) is -3.88. The van der Waals surface area contributed by atoms with Crippen LogP contribution in [0.2, 0.25) is 0 Å². The zero-order valence-electron chi connectivity index (χ0n) is 11.8. The normalized spacial score (nSPS) is 13.3. The van der Waals surface area contributed by atoms with Crippen molar-refractivity contribution in [1.82, 2.24) is 9.71 Å². The van der Waals surface area contributed by atoms with Crippen molar-refractivity contribution in [2.75, 3.05) is 5.73 Å². The maximum Gasteiger partial charge on any atom is 0.241 e. The Labute approximate surface area is 127 Å². The summed E-state index contributed by atoms with van der Waals surface area (Å²) in [5.74, 6) is -0.645. The second kappa shape index (κ2) is 5.70. The van der Waals surface area contributed by atoms with Crippen LogP contribution in [0.5, 0.6) is 0 Å². The van der Waals surface area contributed by atoms with E-state index < -0.39 is 21.9 Å². The number of hydrogen-bond donors (Lipinski definition) is 2. The SMILES string of the molecule is Cc1cnc(C(C)NS(=O)(=O)c2cc(N)cc(F)c2C)s1. The summed E-state index contributed by atoms with van der Waals surface area (Å²) in [4.78, 5) is 4.98. The van der Waals surface area contributed by atoms with Gasteiger partial charge < -0.3 is 5.73 Å². The zero-order valence-corrected chi connectivity index (χ0v) is 13.5. The van der Waals surface area contributed by atoms with Crippen molar-refractivity contribution in [3.8, 4) is 0 Å². The molecule has 0 aliphatic carbocycles. The van der Waals surface area contributed by atoms with Gasteiger partial charge in [0.1, 0.15) is 10.8 Å². The smallest absolute Gasteiger partial charge is 0.241 e. The van der Waals surface area contributed by atoms with Crippen molar-refractivity contribution in [2.45, 2.75) is 31.7 Å². The molecule has 1 aromatic carbocycles. The first kappa shape index (κ1) is 15.9. The molecule has 3 N–H and O–H groups in total. The molecular weight excluding hydrogens is 313 g/mol. The predicted molar refractivity (Wildman–Crippen MR) is 81.1 cm³/mol. The van der Waals surface area contributed by atoms with Gasteiger partial charge in [0, 0.05) is 22.3 Å². The molecule has 5 nitrogen and oxygen atoms in total. The van der Waals surface area contributed by atoms with Gasteiger partial charge in [-0.1, -0.05) is 0 Å². The Morgan fingerprint density at radius 1 is 1.38 bits per heavy atom. The summed E-state index contributed by atoms with van der Waals surface area (Å²) in [6, 6.07) is 1.85. The molecule has 0 bridgehead atoms. The predicted octanol–water partition coefficient (Wildman–Crippen LogP) is 2.52. The van der Waals surface area contributed by atoms with Crippen molar-refractivity contribution >= 4 is 27.0 Å². The van der Waals surface area contributed by atoms with E-state index in [2.05, 4.69) is 9.71 Å². The maximum atomic E-state index is 13.7. The standard InChI is InChI=1S/C13H16FN3O2S2/c1-7-6-16-13(20-7)9(3)17-21(18,19)12-5-10(15)4-11(14)8(12)2/h4-6,9,17H,15H2,1-3H3. The van der Waals surface area contributed by atoms with Crippen LogP contribution in [0.3, 0.4) is 0 Å². The Kier molecular flexibility index (Phi) is 4.31. The van der Waals surface area contributed by atoms with Crippen LogP contribution in [0.1, 0.15) is 28.4 Å². The number of sulfonamides is 1. The summed E-state index contributed by atoms with van der Waals surface area (Å²) in [5.41, 5.74) is 5.63. The summed E-state index contributed by atoms with van der Waals surface area (Å²) in [6.45, 7) is 4.98. The molecule has 2 aromatic rings. The lowest BCUT2D eigenvalue weighted by Crippen LogP contribution is -2.27. The number of hydrogen-bond acceptors (Lipinski definition) is 5. The monoisotopic (exact) mass is 329 g/mol. The molecule has 0 radical (unpaired) electrons. The quantitative estimate of drug-likeness (QED) is 0.844. The topological polar surface area (TPSA) is 85.1 Å². The average Bonchev–Trinajstić information content (AvgIpc) is 2.80. The van der Waals surface area contributed by atoms with Gasteiger partial charge in [0.25, 0.3) is 0 Å². The highest BCUT2D eigenvalue weighted by molar-refractivity contribution is 7.89. The van der Waals surface area contributed by atoms with E-state index >= 15 is 0 Å². The fraction of sp³-hybridized carbons (Fsp3) is 0.308. The number of rotatable bonds is 4. The van der Waals surface area contributed by atoms with E-state index in [0.717, 1.165) is 10.9 Å². The third kappa shape index (κ3) is 3.39. The van der Waals surface area contributed by atoms with Gasteiger partial charge >= 0.3 is 0 Å². The van der Waals surface area contributed by atoms with E-state index in [9.17, 15) is 12.8 Å². The van der Waals surface area contributed by atoms with E-state index in [1.54, 1.807) is 13.1 Å². The fourth-order valence-electron chi connectivity index (χ4n) is 1.87. The minimum atomic E-state index is -3.88. The van der Waals surface area contributed by atoms with Crippen molar-refractivity contribution < 1.29 is 12.8 Å². The van der Waals surface area contributed by atoms with Crippen molar-refractivity contribution in [2.24, 2.45) is 0 Å². The van der Waals surface area contributed by atoms with Crippen LogP contribution in [0.4, 0.5) is 10.1 Å². The van der Waals surface area contributed by atoms with E-state index in [1.165, 1.54) is 24.3 Å². The van der Waals surface area contributed by atoms with E-state index in [1.807, 2.05) is 6.92 Å². The van der Waals surface area contributed by atoms with Crippen molar-refractivity contribution in [3.63, 3.8) is 0 Å². The van der Waals surface area contributed by atoms with Crippen LogP contribution in [-0.4, -0.2) is 13.4 Å². The van der Waals surface area contributed by atoms with Crippen LogP contribution < -0.4 is 10.5 Å². The molecule has 1 atom stereocenters. The van der Waals surface area contributed by atoms with E-state index in [-0.39, 0.29) is 16.1 Å².